The average molecular weight is 216 g/mol. The van der Waals surface area contributed by atoms with Gasteiger partial charge in [0.1, 0.15) is 11.3 Å². The highest BCUT2D eigenvalue weighted by molar-refractivity contribution is 5.21. The van der Waals surface area contributed by atoms with Crippen LogP contribution < -0.4 is 5.73 Å². The largest absolute Gasteiger partial charge is 0.384 e. The monoisotopic (exact) mass is 216 g/mol. The zero-order valence-electron chi connectivity index (χ0n) is 8.67. The van der Waals surface area contributed by atoms with Gasteiger partial charge < -0.3 is 10.8 Å². The number of alkyl halides is 2. The van der Waals surface area contributed by atoms with Crippen LogP contribution in [0.2, 0.25) is 0 Å². The number of halogens is 2. The Balaban J connectivity index is 3.15. The zero-order valence-corrected chi connectivity index (χ0v) is 8.67. The number of aliphatic hydroxyl groups is 1. The van der Waals surface area contributed by atoms with Gasteiger partial charge in [0.05, 0.1) is 0 Å². The predicted molar refractivity (Wildman–Crippen MR) is 52.3 cm³/mol. The first-order chi connectivity index (χ1) is 6.79. The molecule has 15 heavy (non-hydrogen) atoms. The summed E-state index contributed by atoms with van der Waals surface area (Å²) in [5, 5.41) is 9.34. The minimum absolute atomic E-state index is 0.164. The molecule has 0 amide bonds. The van der Waals surface area contributed by atoms with Crippen LogP contribution in [-0.2, 0) is 12.5 Å². The van der Waals surface area contributed by atoms with Crippen molar-refractivity contribution in [3.63, 3.8) is 0 Å². The lowest BCUT2D eigenvalue weighted by Gasteiger charge is -2.28. The Kier molecular flexibility index (Phi) is 3.06. The molecule has 0 spiro atoms. The number of nitrogens with two attached hydrogens (primary N) is 1. The van der Waals surface area contributed by atoms with E-state index in [0.717, 1.165) is 13.8 Å². The highest BCUT2D eigenvalue weighted by Gasteiger charge is 2.48. The van der Waals surface area contributed by atoms with E-state index >= 15 is 0 Å². The topological polar surface area (TPSA) is 59.1 Å². The zero-order chi connectivity index (χ0) is 11.7. The van der Waals surface area contributed by atoms with Crippen LogP contribution in [0.3, 0.4) is 0 Å². The SMILES string of the molecule is CC(C)(O)C(F)(F)c1cc(CN)ccn1. The average Bonchev–Trinajstić information content (AvgIpc) is 2.16. The third kappa shape index (κ3) is 2.30. The van der Waals surface area contributed by atoms with Gasteiger partial charge in [0.25, 0.3) is 0 Å². The first-order valence-electron chi connectivity index (χ1n) is 4.54. The molecule has 5 heteroatoms. The molecule has 0 aliphatic heterocycles. The van der Waals surface area contributed by atoms with Gasteiger partial charge in [0, 0.05) is 12.7 Å². The highest BCUT2D eigenvalue weighted by Crippen LogP contribution is 2.37. The molecule has 1 heterocycles. The Bertz CT molecular complexity index is 348. The van der Waals surface area contributed by atoms with E-state index in [1.165, 1.54) is 12.3 Å². The van der Waals surface area contributed by atoms with Crippen molar-refractivity contribution >= 4 is 0 Å². The molecule has 0 saturated heterocycles. The third-order valence-electron chi connectivity index (χ3n) is 2.15. The second kappa shape index (κ2) is 3.83. The first kappa shape index (κ1) is 12.0. The molecule has 84 valence electrons. The van der Waals surface area contributed by atoms with E-state index < -0.39 is 17.2 Å². The van der Waals surface area contributed by atoms with Gasteiger partial charge >= 0.3 is 5.92 Å². The fourth-order valence-corrected chi connectivity index (χ4v) is 1.09. The summed E-state index contributed by atoms with van der Waals surface area (Å²) in [5.41, 5.74) is 3.29. The Morgan fingerprint density at radius 2 is 2.07 bits per heavy atom. The second-order valence-corrected chi connectivity index (χ2v) is 3.89. The standard InChI is InChI=1S/C10H14F2N2O/c1-9(2,15)10(11,12)8-5-7(6-13)3-4-14-8/h3-5,15H,6,13H2,1-2H3. The van der Waals surface area contributed by atoms with Gasteiger partial charge in [0.2, 0.25) is 0 Å². The molecule has 1 rings (SSSR count). The maximum absolute atomic E-state index is 13.6. The summed E-state index contributed by atoms with van der Waals surface area (Å²) < 4.78 is 27.3. The molecule has 0 aliphatic rings. The minimum atomic E-state index is -3.39. The molecule has 0 atom stereocenters. The number of nitrogens with zero attached hydrogens (tertiary/aromatic N) is 1. The van der Waals surface area contributed by atoms with E-state index in [0.29, 0.717) is 5.56 Å². The molecular formula is C10H14F2N2O. The van der Waals surface area contributed by atoms with Crippen molar-refractivity contribution in [1.82, 2.24) is 4.98 Å². The molecule has 0 bridgehead atoms. The minimum Gasteiger partial charge on any atom is -0.384 e. The second-order valence-electron chi connectivity index (χ2n) is 3.89. The van der Waals surface area contributed by atoms with Crippen molar-refractivity contribution < 1.29 is 13.9 Å². The fourth-order valence-electron chi connectivity index (χ4n) is 1.09. The Labute approximate surface area is 86.9 Å². The number of pyridine rings is 1. The molecular weight excluding hydrogens is 202 g/mol. The molecule has 0 aromatic carbocycles. The number of hydrogen-bond donors (Lipinski definition) is 2. The van der Waals surface area contributed by atoms with Gasteiger partial charge in [-0.2, -0.15) is 8.78 Å². The van der Waals surface area contributed by atoms with E-state index in [2.05, 4.69) is 4.98 Å². The van der Waals surface area contributed by atoms with E-state index in [9.17, 15) is 13.9 Å². The smallest absolute Gasteiger partial charge is 0.317 e. The molecule has 0 aliphatic carbocycles. The van der Waals surface area contributed by atoms with Crippen molar-refractivity contribution in [3.05, 3.63) is 29.6 Å². The summed E-state index contributed by atoms with van der Waals surface area (Å²) in [7, 11) is 0. The van der Waals surface area contributed by atoms with Gasteiger partial charge in [-0.05, 0) is 31.5 Å². The Morgan fingerprint density at radius 3 is 2.53 bits per heavy atom. The van der Waals surface area contributed by atoms with Crippen LogP contribution in [0.25, 0.3) is 0 Å². The Morgan fingerprint density at radius 1 is 1.47 bits per heavy atom. The Hall–Kier alpha value is -1.07. The first-order valence-corrected chi connectivity index (χ1v) is 4.54. The lowest BCUT2D eigenvalue weighted by atomic mass is 9.96. The summed E-state index contributed by atoms with van der Waals surface area (Å²) in [6, 6.07) is 2.77. The predicted octanol–water partition coefficient (Wildman–Crippen LogP) is 1.40. The van der Waals surface area contributed by atoms with E-state index in [1.807, 2.05) is 0 Å². The molecule has 3 nitrogen and oxygen atoms in total. The van der Waals surface area contributed by atoms with Crippen LogP contribution in [0.5, 0.6) is 0 Å². The van der Waals surface area contributed by atoms with Crippen molar-refractivity contribution in [2.24, 2.45) is 5.73 Å². The van der Waals surface area contributed by atoms with Crippen molar-refractivity contribution in [1.29, 1.82) is 0 Å². The van der Waals surface area contributed by atoms with Crippen molar-refractivity contribution in [2.75, 3.05) is 0 Å². The van der Waals surface area contributed by atoms with Crippen LogP contribution in [0.15, 0.2) is 18.3 Å². The van der Waals surface area contributed by atoms with E-state index in [4.69, 9.17) is 5.73 Å². The van der Waals surface area contributed by atoms with Crippen LogP contribution in [0.1, 0.15) is 25.1 Å². The molecule has 0 radical (unpaired) electrons. The molecule has 0 unspecified atom stereocenters. The van der Waals surface area contributed by atoms with Gasteiger partial charge in [-0.3, -0.25) is 4.98 Å². The number of hydrogen-bond acceptors (Lipinski definition) is 3. The molecule has 0 saturated carbocycles. The van der Waals surface area contributed by atoms with Gasteiger partial charge in [-0.1, -0.05) is 0 Å². The summed E-state index contributed by atoms with van der Waals surface area (Å²) in [6.07, 6.45) is 1.26. The molecule has 1 aromatic heterocycles. The van der Waals surface area contributed by atoms with Crippen LogP contribution in [0, 0.1) is 0 Å². The van der Waals surface area contributed by atoms with Crippen molar-refractivity contribution in [3.8, 4) is 0 Å². The quantitative estimate of drug-likeness (QED) is 0.803. The molecule has 3 N–H and O–H groups in total. The summed E-state index contributed by atoms with van der Waals surface area (Å²) in [6.45, 7) is 2.26. The molecule has 1 aromatic rings. The summed E-state index contributed by atoms with van der Waals surface area (Å²) in [5.74, 6) is -3.39. The number of aromatic nitrogens is 1. The van der Waals surface area contributed by atoms with Crippen LogP contribution in [0.4, 0.5) is 8.78 Å². The van der Waals surface area contributed by atoms with Gasteiger partial charge in [-0.15, -0.1) is 0 Å². The maximum atomic E-state index is 13.6. The summed E-state index contributed by atoms with van der Waals surface area (Å²) >= 11 is 0. The van der Waals surface area contributed by atoms with Gasteiger partial charge in [-0.25, -0.2) is 0 Å². The lowest BCUT2D eigenvalue weighted by Crippen LogP contribution is -2.40. The number of rotatable bonds is 3. The van der Waals surface area contributed by atoms with Crippen molar-refractivity contribution in [2.45, 2.75) is 31.9 Å². The lowest BCUT2D eigenvalue weighted by molar-refractivity contribution is -0.171. The van der Waals surface area contributed by atoms with E-state index in [-0.39, 0.29) is 6.54 Å². The molecule has 0 fully saturated rings. The van der Waals surface area contributed by atoms with E-state index in [1.54, 1.807) is 6.07 Å². The van der Waals surface area contributed by atoms with Gasteiger partial charge in [0.15, 0.2) is 0 Å². The normalized spacial score (nSPS) is 12.9. The fraction of sp³-hybridized carbons (Fsp3) is 0.500. The highest BCUT2D eigenvalue weighted by atomic mass is 19.3. The maximum Gasteiger partial charge on any atom is 0.317 e. The van der Waals surface area contributed by atoms with Crippen LogP contribution in [-0.4, -0.2) is 15.7 Å². The van der Waals surface area contributed by atoms with Crippen LogP contribution >= 0.6 is 0 Å². The summed E-state index contributed by atoms with van der Waals surface area (Å²) in [4.78, 5) is 3.56. The third-order valence-corrected chi connectivity index (χ3v) is 2.15.